The fraction of sp³-hybridized carbons (Fsp3) is 0.308. The van der Waals surface area contributed by atoms with Gasteiger partial charge in [-0.15, -0.1) is 0 Å². The van der Waals surface area contributed by atoms with Crippen molar-refractivity contribution in [3.05, 3.63) is 29.8 Å². The number of hydrogen-bond donors (Lipinski definition) is 0. The quantitative estimate of drug-likeness (QED) is 0.762. The van der Waals surface area contributed by atoms with Gasteiger partial charge in [0, 0.05) is 12.7 Å². The molecule has 0 unspecified atom stereocenters. The Labute approximate surface area is 105 Å². The predicted octanol–water partition coefficient (Wildman–Crippen LogP) is 0.558. The monoisotopic (exact) mass is 243 g/mol. The zero-order chi connectivity index (χ0) is 13.1. The van der Waals surface area contributed by atoms with Crippen molar-refractivity contribution in [2.45, 2.75) is 6.42 Å². The van der Waals surface area contributed by atoms with E-state index >= 15 is 0 Å². The van der Waals surface area contributed by atoms with E-state index in [0.717, 1.165) is 5.56 Å². The second-order valence-corrected chi connectivity index (χ2v) is 4.23. The number of piperazine rings is 1. The van der Waals surface area contributed by atoms with Crippen LogP contribution < -0.4 is 4.90 Å². The van der Waals surface area contributed by atoms with Crippen LogP contribution in [-0.2, 0) is 16.0 Å². The third kappa shape index (κ3) is 2.33. The van der Waals surface area contributed by atoms with E-state index in [1.54, 1.807) is 31.3 Å². The summed E-state index contributed by atoms with van der Waals surface area (Å²) < 4.78 is 0. The minimum Gasteiger partial charge on any atom is -0.335 e. The van der Waals surface area contributed by atoms with E-state index in [1.165, 1.54) is 9.80 Å². The Balaban J connectivity index is 2.18. The first-order valence-corrected chi connectivity index (χ1v) is 5.62. The lowest BCUT2D eigenvalue weighted by Gasteiger charge is -2.31. The number of carbonyl (C=O) groups excluding carboxylic acids is 2. The average molecular weight is 243 g/mol. The molecule has 0 spiro atoms. The van der Waals surface area contributed by atoms with Crippen molar-refractivity contribution in [2.75, 3.05) is 25.0 Å². The Morgan fingerprint density at radius 1 is 1.17 bits per heavy atom. The van der Waals surface area contributed by atoms with E-state index in [2.05, 4.69) is 6.07 Å². The Hall–Kier alpha value is -2.35. The van der Waals surface area contributed by atoms with Crippen LogP contribution >= 0.6 is 0 Å². The van der Waals surface area contributed by atoms with Crippen LogP contribution in [0.3, 0.4) is 0 Å². The van der Waals surface area contributed by atoms with Gasteiger partial charge in [-0.1, -0.05) is 12.1 Å². The summed E-state index contributed by atoms with van der Waals surface area (Å²) in [5.74, 6) is -0.166. The average Bonchev–Trinajstić information content (AvgIpc) is 2.35. The summed E-state index contributed by atoms with van der Waals surface area (Å²) in [7, 11) is 1.62. The first-order valence-electron chi connectivity index (χ1n) is 5.62. The molecule has 2 amide bonds. The number of nitriles is 1. The van der Waals surface area contributed by atoms with Crippen molar-refractivity contribution >= 4 is 17.5 Å². The summed E-state index contributed by atoms with van der Waals surface area (Å²) in [6.45, 7) is 0.186. The highest BCUT2D eigenvalue weighted by Crippen LogP contribution is 2.18. The topological polar surface area (TPSA) is 64.4 Å². The van der Waals surface area contributed by atoms with Crippen LogP contribution in [-0.4, -0.2) is 36.9 Å². The molecule has 0 saturated carbocycles. The van der Waals surface area contributed by atoms with Crippen LogP contribution in [0.5, 0.6) is 0 Å². The number of likely N-dealkylation sites (N-methyl/N-ethyl adjacent to an activating group) is 1. The second-order valence-electron chi connectivity index (χ2n) is 4.23. The van der Waals surface area contributed by atoms with Gasteiger partial charge in [0.05, 0.1) is 19.0 Å². The van der Waals surface area contributed by atoms with Crippen molar-refractivity contribution in [3.63, 3.8) is 0 Å². The molecule has 1 aliphatic heterocycles. The second kappa shape index (κ2) is 4.88. The normalized spacial score (nSPS) is 15.8. The summed E-state index contributed by atoms with van der Waals surface area (Å²) in [6.07, 6.45) is 0.343. The third-order valence-corrected chi connectivity index (χ3v) is 2.92. The lowest BCUT2D eigenvalue weighted by atomic mass is 10.1. The molecular weight excluding hydrogens is 230 g/mol. The molecule has 5 heteroatoms. The van der Waals surface area contributed by atoms with E-state index in [9.17, 15) is 9.59 Å². The van der Waals surface area contributed by atoms with Crippen LogP contribution in [0.25, 0.3) is 0 Å². The smallest absolute Gasteiger partial charge is 0.247 e. The van der Waals surface area contributed by atoms with E-state index in [4.69, 9.17) is 5.26 Å². The SMILES string of the molecule is CN1CC(=O)N(c2ccc(CC#N)cc2)CC1=O. The molecule has 0 atom stereocenters. The number of anilines is 1. The summed E-state index contributed by atoms with van der Waals surface area (Å²) in [4.78, 5) is 26.3. The predicted molar refractivity (Wildman–Crippen MR) is 65.7 cm³/mol. The maximum Gasteiger partial charge on any atom is 0.247 e. The van der Waals surface area contributed by atoms with Crippen molar-refractivity contribution in [1.29, 1.82) is 5.26 Å². The lowest BCUT2D eigenvalue weighted by Crippen LogP contribution is -2.52. The zero-order valence-electron chi connectivity index (χ0n) is 10.1. The molecule has 18 heavy (non-hydrogen) atoms. The highest BCUT2D eigenvalue weighted by molar-refractivity contribution is 6.04. The van der Waals surface area contributed by atoms with E-state index in [0.29, 0.717) is 12.1 Å². The van der Waals surface area contributed by atoms with Gasteiger partial charge in [-0.05, 0) is 17.7 Å². The standard InChI is InChI=1S/C13H13N3O2/c1-15-8-13(18)16(9-12(15)17)11-4-2-10(3-5-11)6-7-14/h2-5H,6,8-9H2,1H3. The first-order chi connectivity index (χ1) is 8.61. The van der Waals surface area contributed by atoms with Crippen LogP contribution in [0.4, 0.5) is 5.69 Å². The number of benzene rings is 1. The lowest BCUT2D eigenvalue weighted by molar-refractivity contribution is -0.136. The van der Waals surface area contributed by atoms with Gasteiger partial charge < -0.3 is 9.80 Å². The molecule has 0 N–H and O–H groups in total. The molecule has 0 aromatic heterocycles. The summed E-state index contributed by atoms with van der Waals surface area (Å²) in [6, 6.07) is 9.20. The molecule has 0 aliphatic carbocycles. The van der Waals surface area contributed by atoms with E-state index in [1.807, 2.05) is 0 Å². The van der Waals surface area contributed by atoms with Crippen molar-refractivity contribution in [3.8, 4) is 6.07 Å². The van der Waals surface area contributed by atoms with Crippen LogP contribution in [0.1, 0.15) is 5.56 Å². The number of carbonyl (C=O) groups is 2. The highest BCUT2D eigenvalue weighted by atomic mass is 16.2. The van der Waals surface area contributed by atoms with Gasteiger partial charge in [0.1, 0.15) is 6.54 Å². The van der Waals surface area contributed by atoms with Crippen molar-refractivity contribution in [2.24, 2.45) is 0 Å². The summed E-state index contributed by atoms with van der Waals surface area (Å²) in [5, 5.41) is 8.58. The number of nitrogens with zero attached hydrogens (tertiary/aromatic N) is 3. The molecule has 0 radical (unpaired) electrons. The Kier molecular flexibility index (Phi) is 3.28. The Bertz CT molecular complexity index is 516. The molecule has 1 heterocycles. The molecule has 2 rings (SSSR count). The summed E-state index contributed by atoms with van der Waals surface area (Å²) >= 11 is 0. The number of amides is 2. The van der Waals surface area contributed by atoms with Crippen LogP contribution in [0.15, 0.2) is 24.3 Å². The van der Waals surface area contributed by atoms with Crippen molar-refractivity contribution in [1.82, 2.24) is 4.90 Å². The largest absolute Gasteiger partial charge is 0.335 e. The Morgan fingerprint density at radius 2 is 1.83 bits per heavy atom. The van der Waals surface area contributed by atoms with E-state index in [-0.39, 0.29) is 24.9 Å². The molecule has 1 aromatic carbocycles. The Morgan fingerprint density at radius 3 is 2.44 bits per heavy atom. The van der Waals surface area contributed by atoms with Gasteiger partial charge in [0.2, 0.25) is 11.8 Å². The van der Waals surface area contributed by atoms with Gasteiger partial charge in [0.15, 0.2) is 0 Å². The molecule has 1 aliphatic rings. The molecule has 92 valence electrons. The van der Waals surface area contributed by atoms with Crippen molar-refractivity contribution < 1.29 is 9.59 Å². The maximum absolute atomic E-state index is 11.8. The third-order valence-electron chi connectivity index (χ3n) is 2.92. The first kappa shape index (κ1) is 12.1. The fourth-order valence-corrected chi connectivity index (χ4v) is 1.84. The number of rotatable bonds is 2. The highest BCUT2D eigenvalue weighted by Gasteiger charge is 2.28. The molecule has 5 nitrogen and oxygen atoms in total. The van der Waals surface area contributed by atoms with E-state index < -0.39 is 0 Å². The zero-order valence-corrected chi connectivity index (χ0v) is 10.1. The molecule has 0 bridgehead atoms. The molecular formula is C13H13N3O2. The van der Waals surface area contributed by atoms with Crippen LogP contribution in [0, 0.1) is 11.3 Å². The van der Waals surface area contributed by atoms with Gasteiger partial charge >= 0.3 is 0 Å². The van der Waals surface area contributed by atoms with Gasteiger partial charge in [-0.3, -0.25) is 9.59 Å². The van der Waals surface area contributed by atoms with Gasteiger partial charge in [0.25, 0.3) is 0 Å². The minimum atomic E-state index is -0.0925. The molecule has 1 saturated heterocycles. The molecule has 1 fully saturated rings. The summed E-state index contributed by atoms with van der Waals surface area (Å²) in [5.41, 5.74) is 1.59. The van der Waals surface area contributed by atoms with Gasteiger partial charge in [-0.2, -0.15) is 5.26 Å². The van der Waals surface area contributed by atoms with Gasteiger partial charge in [-0.25, -0.2) is 0 Å². The minimum absolute atomic E-state index is 0.0734. The molecule has 1 aromatic rings. The fourth-order valence-electron chi connectivity index (χ4n) is 1.84. The number of hydrogen-bond acceptors (Lipinski definition) is 3. The maximum atomic E-state index is 11.8. The van der Waals surface area contributed by atoms with Crippen LogP contribution in [0.2, 0.25) is 0 Å².